The molecule has 2 nitrogen and oxygen atoms in total. The molecule has 0 heterocycles. The molecule has 2 heteroatoms. The molecule has 0 spiro atoms. The monoisotopic (exact) mass is 116 g/mol. The van der Waals surface area contributed by atoms with Crippen LogP contribution >= 0.6 is 0 Å². The van der Waals surface area contributed by atoms with E-state index in [9.17, 15) is 0 Å². The normalized spacial score (nSPS) is 13.9. The molecule has 50 valence electrons. The Morgan fingerprint density at radius 3 is 2.38 bits per heavy atom. The number of nitrogens with one attached hydrogen (secondary N) is 1. The van der Waals surface area contributed by atoms with Crippen LogP contribution < -0.4 is 11.1 Å². The van der Waals surface area contributed by atoms with E-state index >= 15 is 0 Å². The molecule has 1 atom stereocenters. The molecular formula is C6H16N2. The summed E-state index contributed by atoms with van der Waals surface area (Å²) >= 11 is 0. The Hall–Kier alpha value is -0.0800. The summed E-state index contributed by atoms with van der Waals surface area (Å²) in [5.74, 6) is 0.667. The lowest BCUT2D eigenvalue weighted by Crippen LogP contribution is -2.24. The van der Waals surface area contributed by atoms with Crippen molar-refractivity contribution < 1.29 is 0 Å². The molecule has 0 aliphatic rings. The summed E-state index contributed by atoms with van der Waals surface area (Å²) in [6.07, 6.45) is 1.18. The Morgan fingerprint density at radius 2 is 2.25 bits per heavy atom. The van der Waals surface area contributed by atoms with Crippen LogP contribution in [0.25, 0.3) is 0 Å². The van der Waals surface area contributed by atoms with E-state index in [0.29, 0.717) is 5.92 Å². The second-order valence-corrected chi connectivity index (χ2v) is 2.07. The Kier molecular flexibility index (Phi) is 5.01. The van der Waals surface area contributed by atoms with Crippen LogP contribution in [0.1, 0.15) is 13.3 Å². The molecular weight excluding hydrogens is 100 g/mol. The van der Waals surface area contributed by atoms with Crippen molar-refractivity contribution in [3.05, 3.63) is 0 Å². The topological polar surface area (TPSA) is 38.0 Å². The van der Waals surface area contributed by atoms with Crippen LogP contribution in [-0.2, 0) is 0 Å². The smallest absolute Gasteiger partial charge is 0.00116 e. The quantitative estimate of drug-likeness (QED) is 0.550. The van der Waals surface area contributed by atoms with Crippen LogP contribution in [0.4, 0.5) is 0 Å². The van der Waals surface area contributed by atoms with Gasteiger partial charge < -0.3 is 11.1 Å². The lowest BCUT2D eigenvalue weighted by Gasteiger charge is -2.09. The van der Waals surface area contributed by atoms with E-state index in [0.717, 1.165) is 13.1 Å². The molecule has 0 amide bonds. The van der Waals surface area contributed by atoms with E-state index in [1.165, 1.54) is 6.42 Å². The lowest BCUT2D eigenvalue weighted by molar-refractivity contribution is 0.494. The molecule has 0 aromatic rings. The van der Waals surface area contributed by atoms with Crippen LogP contribution in [0.3, 0.4) is 0 Å². The van der Waals surface area contributed by atoms with Gasteiger partial charge in [-0.25, -0.2) is 0 Å². The Bertz CT molecular complexity index is 41.8. The van der Waals surface area contributed by atoms with E-state index < -0.39 is 0 Å². The fourth-order valence-electron chi connectivity index (χ4n) is 0.683. The van der Waals surface area contributed by atoms with Crippen LogP contribution in [0.2, 0.25) is 0 Å². The zero-order valence-electron chi connectivity index (χ0n) is 5.78. The number of nitrogens with two attached hydrogens (primary N) is 1. The average molecular weight is 116 g/mol. The SMILES string of the molecule is CCC(CN)CNC. The summed E-state index contributed by atoms with van der Waals surface area (Å²) in [4.78, 5) is 0. The van der Waals surface area contributed by atoms with Crippen molar-refractivity contribution in [1.29, 1.82) is 0 Å². The standard InChI is InChI=1S/C6H16N2/c1-3-6(4-7)5-8-2/h6,8H,3-5,7H2,1-2H3. The second kappa shape index (κ2) is 5.06. The van der Waals surface area contributed by atoms with Crippen LogP contribution in [-0.4, -0.2) is 20.1 Å². The van der Waals surface area contributed by atoms with Crippen LogP contribution in [0, 0.1) is 5.92 Å². The average Bonchev–Trinajstić information content (AvgIpc) is 1.83. The van der Waals surface area contributed by atoms with Gasteiger partial charge in [0.25, 0.3) is 0 Å². The molecule has 0 aliphatic heterocycles. The maximum atomic E-state index is 5.43. The maximum Gasteiger partial charge on any atom is -0.00116 e. The zero-order chi connectivity index (χ0) is 6.41. The van der Waals surface area contributed by atoms with Gasteiger partial charge in [-0.05, 0) is 26.1 Å². The molecule has 0 fully saturated rings. The highest BCUT2D eigenvalue weighted by Crippen LogP contribution is 1.95. The van der Waals surface area contributed by atoms with E-state index in [1.807, 2.05) is 7.05 Å². The van der Waals surface area contributed by atoms with E-state index in [1.54, 1.807) is 0 Å². The Morgan fingerprint density at radius 1 is 1.62 bits per heavy atom. The predicted octanol–water partition coefficient (Wildman–Crippen LogP) is 0.191. The summed E-state index contributed by atoms with van der Waals surface area (Å²) in [6.45, 7) is 4.01. The van der Waals surface area contributed by atoms with Crippen LogP contribution in [0.15, 0.2) is 0 Å². The first kappa shape index (κ1) is 7.92. The van der Waals surface area contributed by atoms with Crippen molar-refractivity contribution in [3.63, 3.8) is 0 Å². The first-order valence-electron chi connectivity index (χ1n) is 3.19. The van der Waals surface area contributed by atoms with Crippen molar-refractivity contribution in [2.75, 3.05) is 20.1 Å². The van der Waals surface area contributed by atoms with Gasteiger partial charge in [0.1, 0.15) is 0 Å². The molecule has 0 aliphatic carbocycles. The number of hydrogen-bond acceptors (Lipinski definition) is 2. The van der Waals surface area contributed by atoms with Gasteiger partial charge in [-0.15, -0.1) is 0 Å². The highest BCUT2D eigenvalue weighted by Gasteiger charge is 1.98. The van der Waals surface area contributed by atoms with E-state index in [4.69, 9.17) is 5.73 Å². The summed E-state index contributed by atoms with van der Waals surface area (Å²) in [5.41, 5.74) is 5.43. The molecule has 0 saturated heterocycles. The molecule has 1 unspecified atom stereocenters. The summed E-state index contributed by atoms with van der Waals surface area (Å²) in [5, 5.41) is 3.09. The molecule has 0 aromatic carbocycles. The predicted molar refractivity (Wildman–Crippen MR) is 36.8 cm³/mol. The van der Waals surface area contributed by atoms with Crippen molar-refractivity contribution in [1.82, 2.24) is 5.32 Å². The highest BCUT2D eigenvalue weighted by atomic mass is 14.8. The summed E-state index contributed by atoms with van der Waals surface area (Å²) in [7, 11) is 1.96. The summed E-state index contributed by atoms with van der Waals surface area (Å²) < 4.78 is 0. The molecule has 0 rings (SSSR count). The van der Waals surface area contributed by atoms with E-state index in [-0.39, 0.29) is 0 Å². The minimum Gasteiger partial charge on any atom is -0.330 e. The molecule has 8 heavy (non-hydrogen) atoms. The van der Waals surface area contributed by atoms with Crippen molar-refractivity contribution in [2.24, 2.45) is 11.7 Å². The molecule has 0 aromatic heterocycles. The Labute approximate surface area is 51.5 Å². The first-order chi connectivity index (χ1) is 3.85. The fraction of sp³-hybridized carbons (Fsp3) is 1.00. The largest absolute Gasteiger partial charge is 0.330 e. The van der Waals surface area contributed by atoms with Crippen molar-refractivity contribution in [2.45, 2.75) is 13.3 Å². The number of hydrogen-bond donors (Lipinski definition) is 2. The zero-order valence-corrected chi connectivity index (χ0v) is 5.78. The fourth-order valence-corrected chi connectivity index (χ4v) is 0.683. The van der Waals surface area contributed by atoms with E-state index in [2.05, 4.69) is 12.2 Å². The minimum atomic E-state index is 0.667. The minimum absolute atomic E-state index is 0.667. The molecule has 0 saturated carbocycles. The van der Waals surface area contributed by atoms with Gasteiger partial charge in [0.05, 0.1) is 0 Å². The third-order valence-corrected chi connectivity index (χ3v) is 1.40. The second-order valence-electron chi connectivity index (χ2n) is 2.07. The molecule has 0 bridgehead atoms. The number of rotatable bonds is 4. The van der Waals surface area contributed by atoms with Gasteiger partial charge in [-0.1, -0.05) is 13.3 Å². The van der Waals surface area contributed by atoms with Crippen molar-refractivity contribution in [3.8, 4) is 0 Å². The van der Waals surface area contributed by atoms with Crippen molar-refractivity contribution >= 4 is 0 Å². The maximum absolute atomic E-state index is 5.43. The first-order valence-corrected chi connectivity index (χ1v) is 3.19. The van der Waals surface area contributed by atoms with Gasteiger partial charge in [0, 0.05) is 0 Å². The van der Waals surface area contributed by atoms with Gasteiger partial charge in [0.15, 0.2) is 0 Å². The highest BCUT2D eigenvalue weighted by molar-refractivity contribution is 4.57. The van der Waals surface area contributed by atoms with Gasteiger partial charge in [0.2, 0.25) is 0 Å². The van der Waals surface area contributed by atoms with Gasteiger partial charge in [-0.2, -0.15) is 0 Å². The lowest BCUT2D eigenvalue weighted by atomic mass is 10.1. The molecule has 0 radical (unpaired) electrons. The summed E-state index contributed by atoms with van der Waals surface area (Å²) in [6, 6.07) is 0. The van der Waals surface area contributed by atoms with Gasteiger partial charge in [-0.3, -0.25) is 0 Å². The van der Waals surface area contributed by atoms with Crippen LogP contribution in [0.5, 0.6) is 0 Å². The van der Waals surface area contributed by atoms with Gasteiger partial charge >= 0.3 is 0 Å². The third-order valence-electron chi connectivity index (χ3n) is 1.40. The Balaban J connectivity index is 3.07. The molecule has 3 N–H and O–H groups in total. The third kappa shape index (κ3) is 2.99.